The number of hydrogen-bond acceptors (Lipinski definition) is 3. The zero-order valence-corrected chi connectivity index (χ0v) is 12.4. The SMILES string of the molecule is CC(C)COCCn1c(C(C)Cl)nc2cnccc21. The molecule has 2 rings (SSSR count). The second-order valence-electron chi connectivity index (χ2n) is 5.07. The first-order chi connectivity index (χ1) is 9.09. The Labute approximate surface area is 118 Å². The fourth-order valence-corrected chi connectivity index (χ4v) is 2.18. The van der Waals surface area contributed by atoms with Crippen molar-refractivity contribution < 1.29 is 4.74 Å². The average Bonchev–Trinajstić information content (AvgIpc) is 2.73. The number of pyridine rings is 1. The molecule has 0 spiro atoms. The molecule has 4 nitrogen and oxygen atoms in total. The van der Waals surface area contributed by atoms with Crippen molar-refractivity contribution in [1.82, 2.24) is 14.5 Å². The minimum absolute atomic E-state index is 0.127. The summed E-state index contributed by atoms with van der Waals surface area (Å²) in [6, 6.07) is 1.97. The van der Waals surface area contributed by atoms with Crippen LogP contribution in [0.3, 0.4) is 0 Å². The number of hydrogen-bond donors (Lipinski definition) is 0. The molecular formula is C14H20ClN3O. The molecule has 1 atom stereocenters. The van der Waals surface area contributed by atoms with E-state index in [1.54, 1.807) is 12.4 Å². The van der Waals surface area contributed by atoms with Crippen LogP contribution in [0.25, 0.3) is 11.0 Å². The van der Waals surface area contributed by atoms with Crippen LogP contribution in [0, 0.1) is 5.92 Å². The van der Waals surface area contributed by atoms with Gasteiger partial charge >= 0.3 is 0 Å². The molecule has 0 N–H and O–H groups in total. The molecule has 0 bridgehead atoms. The Kier molecular flexibility index (Phi) is 4.77. The summed E-state index contributed by atoms with van der Waals surface area (Å²) < 4.78 is 7.76. The normalized spacial score (nSPS) is 13.3. The number of fused-ring (bicyclic) bond motifs is 1. The van der Waals surface area contributed by atoms with Gasteiger partial charge in [0.2, 0.25) is 0 Å². The first-order valence-electron chi connectivity index (χ1n) is 6.61. The Morgan fingerprint density at radius 1 is 1.37 bits per heavy atom. The monoisotopic (exact) mass is 281 g/mol. The van der Waals surface area contributed by atoms with E-state index in [2.05, 4.69) is 28.4 Å². The lowest BCUT2D eigenvalue weighted by Gasteiger charge is -2.11. The van der Waals surface area contributed by atoms with Crippen LogP contribution < -0.4 is 0 Å². The molecule has 0 aliphatic rings. The first kappa shape index (κ1) is 14.3. The van der Waals surface area contributed by atoms with Crippen LogP contribution in [-0.4, -0.2) is 27.7 Å². The third kappa shape index (κ3) is 3.45. The van der Waals surface area contributed by atoms with E-state index in [1.807, 2.05) is 13.0 Å². The predicted molar refractivity (Wildman–Crippen MR) is 77.5 cm³/mol. The number of ether oxygens (including phenoxy) is 1. The topological polar surface area (TPSA) is 39.9 Å². The van der Waals surface area contributed by atoms with Gasteiger partial charge in [0.1, 0.15) is 11.3 Å². The molecule has 104 valence electrons. The third-order valence-corrected chi connectivity index (χ3v) is 3.04. The van der Waals surface area contributed by atoms with Gasteiger partial charge < -0.3 is 9.30 Å². The zero-order chi connectivity index (χ0) is 13.8. The van der Waals surface area contributed by atoms with Crippen LogP contribution in [0.5, 0.6) is 0 Å². The van der Waals surface area contributed by atoms with E-state index in [0.29, 0.717) is 12.5 Å². The molecule has 5 heteroatoms. The van der Waals surface area contributed by atoms with E-state index in [1.165, 1.54) is 0 Å². The highest BCUT2D eigenvalue weighted by atomic mass is 35.5. The Morgan fingerprint density at radius 3 is 2.84 bits per heavy atom. The van der Waals surface area contributed by atoms with Crippen molar-refractivity contribution in [2.45, 2.75) is 32.7 Å². The fraction of sp³-hybridized carbons (Fsp3) is 0.571. The summed E-state index contributed by atoms with van der Waals surface area (Å²) in [4.78, 5) is 8.64. The maximum Gasteiger partial charge on any atom is 0.127 e. The number of halogens is 1. The van der Waals surface area contributed by atoms with E-state index in [4.69, 9.17) is 16.3 Å². The van der Waals surface area contributed by atoms with Crippen molar-refractivity contribution in [3.05, 3.63) is 24.3 Å². The van der Waals surface area contributed by atoms with Crippen LogP contribution in [0.15, 0.2) is 18.5 Å². The standard InChI is InChI=1S/C14H20ClN3O/c1-10(2)9-19-7-6-18-13-4-5-16-8-12(13)17-14(18)11(3)15/h4-5,8,10-11H,6-7,9H2,1-3H3. The highest BCUT2D eigenvalue weighted by Gasteiger charge is 2.14. The van der Waals surface area contributed by atoms with Gasteiger partial charge in [-0.3, -0.25) is 4.98 Å². The molecular weight excluding hydrogens is 262 g/mol. The third-order valence-electron chi connectivity index (χ3n) is 2.85. The molecule has 19 heavy (non-hydrogen) atoms. The van der Waals surface area contributed by atoms with E-state index in [0.717, 1.165) is 30.0 Å². The maximum atomic E-state index is 6.20. The van der Waals surface area contributed by atoms with Crippen molar-refractivity contribution in [3.8, 4) is 0 Å². The molecule has 1 unspecified atom stereocenters. The molecule has 0 saturated heterocycles. The average molecular weight is 282 g/mol. The van der Waals surface area contributed by atoms with Gasteiger partial charge in [0.15, 0.2) is 0 Å². The Hall–Kier alpha value is -1.13. The summed E-state index contributed by atoms with van der Waals surface area (Å²) in [5, 5.41) is -0.127. The minimum atomic E-state index is -0.127. The molecule has 0 aliphatic carbocycles. The number of nitrogens with zero attached hydrogens (tertiary/aromatic N) is 3. The quantitative estimate of drug-likeness (QED) is 0.602. The van der Waals surface area contributed by atoms with Crippen molar-refractivity contribution in [2.75, 3.05) is 13.2 Å². The Bertz CT molecular complexity index is 536. The van der Waals surface area contributed by atoms with Crippen molar-refractivity contribution in [3.63, 3.8) is 0 Å². The van der Waals surface area contributed by atoms with Crippen molar-refractivity contribution >= 4 is 22.6 Å². The van der Waals surface area contributed by atoms with Gasteiger partial charge in [-0.2, -0.15) is 0 Å². The van der Waals surface area contributed by atoms with E-state index < -0.39 is 0 Å². The molecule has 0 amide bonds. The highest BCUT2D eigenvalue weighted by molar-refractivity contribution is 6.20. The van der Waals surface area contributed by atoms with Crippen LogP contribution >= 0.6 is 11.6 Å². The molecule has 0 aliphatic heterocycles. The summed E-state index contributed by atoms with van der Waals surface area (Å²) in [5.74, 6) is 1.42. The lowest BCUT2D eigenvalue weighted by molar-refractivity contribution is 0.103. The van der Waals surface area contributed by atoms with E-state index in [-0.39, 0.29) is 5.38 Å². The van der Waals surface area contributed by atoms with Crippen LogP contribution in [0.4, 0.5) is 0 Å². The van der Waals surface area contributed by atoms with Crippen LogP contribution in [0.2, 0.25) is 0 Å². The first-order valence-corrected chi connectivity index (χ1v) is 7.05. The smallest absolute Gasteiger partial charge is 0.127 e. The maximum absolute atomic E-state index is 6.20. The summed E-state index contributed by atoms with van der Waals surface area (Å²) in [6.45, 7) is 8.43. The summed E-state index contributed by atoms with van der Waals surface area (Å²) in [6.07, 6.45) is 3.54. The van der Waals surface area contributed by atoms with Gasteiger partial charge in [-0.25, -0.2) is 4.98 Å². The highest BCUT2D eigenvalue weighted by Crippen LogP contribution is 2.23. The summed E-state index contributed by atoms with van der Waals surface area (Å²) >= 11 is 6.20. The number of aromatic nitrogens is 3. The number of rotatable bonds is 6. The Morgan fingerprint density at radius 2 is 2.16 bits per heavy atom. The summed E-state index contributed by atoms with van der Waals surface area (Å²) in [7, 11) is 0. The number of imidazole rings is 1. The van der Waals surface area contributed by atoms with E-state index in [9.17, 15) is 0 Å². The van der Waals surface area contributed by atoms with Crippen LogP contribution in [0.1, 0.15) is 32.0 Å². The molecule has 0 saturated carbocycles. The molecule has 0 aromatic carbocycles. The molecule has 2 aromatic heterocycles. The largest absolute Gasteiger partial charge is 0.379 e. The van der Waals surface area contributed by atoms with Crippen LogP contribution in [-0.2, 0) is 11.3 Å². The Balaban J connectivity index is 2.17. The zero-order valence-electron chi connectivity index (χ0n) is 11.6. The van der Waals surface area contributed by atoms with Gasteiger partial charge in [-0.15, -0.1) is 11.6 Å². The van der Waals surface area contributed by atoms with Gasteiger partial charge in [0.25, 0.3) is 0 Å². The number of alkyl halides is 1. The lowest BCUT2D eigenvalue weighted by Crippen LogP contribution is -2.12. The second kappa shape index (κ2) is 6.35. The van der Waals surface area contributed by atoms with Gasteiger partial charge in [0.05, 0.1) is 23.7 Å². The molecule has 0 radical (unpaired) electrons. The molecule has 2 aromatic rings. The fourth-order valence-electron chi connectivity index (χ4n) is 2.01. The van der Waals surface area contributed by atoms with Gasteiger partial charge in [-0.1, -0.05) is 13.8 Å². The van der Waals surface area contributed by atoms with Gasteiger partial charge in [0, 0.05) is 19.3 Å². The van der Waals surface area contributed by atoms with E-state index >= 15 is 0 Å². The second-order valence-corrected chi connectivity index (χ2v) is 5.73. The minimum Gasteiger partial charge on any atom is -0.379 e. The van der Waals surface area contributed by atoms with Crippen molar-refractivity contribution in [2.24, 2.45) is 5.92 Å². The van der Waals surface area contributed by atoms with Crippen molar-refractivity contribution in [1.29, 1.82) is 0 Å². The molecule has 2 heterocycles. The molecule has 0 fully saturated rings. The summed E-state index contributed by atoms with van der Waals surface area (Å²) in [5.41, 5.74) is 1.94. The van der Waals surface area contributed by atoms with Gasteiger partial charge in [-0.05, 0) is 18.9 Å². The lowest BCUT2D eigenvalue weighted by atomic mass is 10.2. The predicted octanol–water partition coefficient (Wildman–Crippen LogP) is 3.40.